The fourth-order valence-electron chi connectivity index (χ4n) is 2.09. The molecule has 1 saturated heterocycles. The van der Waals surface area contributed by atoms with E-state index in [1.165, 1.54) is 0 Å². The van der Waals surface area contributed by atoms with E-state index in [1.807, 2.05) is 0 Å². The van der Waals surface area contributed by atoms with Crippen molar-refractivity contribution in [3.8, 4) is 0 Å². The fourth-order valence-corrected chi connectivity index (χ4v) is 2.09. The Morgan fingerprint density at radius 2 is 1.50 bits per heavy atom. The van der Waals surface area contributed by atoms with E-state index in [-0.39, 0.29) is 0 Å². The SMILES string of the molecule is CC(=O)N[C@H]1[C@@H](OC(C)=O)[C@H](OC(C)=O)[C@@H](C(=O)O)O[C@H]1O. The van der Waals surface area contributed by atoms with E-state index in [2.05, 4.69) is 5.32 Å². The zero-order valence-electron chi connectivity index (χ0n) is 12.1. The van der Waals surface area contributed by atoms with Gasteiger partial charge in [-0.15, -0.1) is 0 Å². The maximum atomic E-state index is 11.2. The van der Waals surface area contributed by atoms with Gasteiger partial charge in [0.25, 0.3) is 0 Å². The Balaban J connectivity index is 3.18. The van der Waals surface area contributed by atoms with Crippen molar-refractivity contribution in [1.82, 2.24) is 5.32 Å². The van der Waals surface area contributed by atoms with Crippen LogP contribution in [0.25, 0.3) is 0 Å². The van der Waals surface area contributed by atoms with Gasteiger partial charge in [-0.3, -0.25) is 14.4 Å². The van der Waals surface area contributed by atoms with Crippen molar-refractivity contribution in [2.24, 2.45) is 0 Å². The van der Waals surface area contributed by atoms with Gasteiger partial charge in [0.05, 0.1) is 0 Å². The number of ether oxygens (including phenoxy) is 3. The number of aliphatic hydroxyl groups is 1. The minimum Gasteiger partial charge on any atom is -0.479 e. The second kappa shape index (κ2) is 7.18. The van der Waals surface area contributed by atoms with Crippen LogP contribution in [0.3, 0.4) is 0 Å². The van der Waals surface area contributed by atoms with Gasteiger partial charge in [0, 0.05) is 20.8 Å². The molecule has 0 aromatic carbocycles. The quantitative estimate of drug-likeness (QED) is 0.508. The predicted octanol–water partition coefficient (Wildman–Crippen LogP) is -1.84. The van der Waals surface area contributed by atoms with Crippen LogP contribution in [0.15, 0.2) is 0 Å². The molecule has 1 aliphatic rings. The molecule has 5 atom stereocenters. The highest BCUT2D eigenvalue weighted by Crippen LogP contribution is 2.25. The van der Waals surface area contributed by atoms with Gasteiger partial charge in [0.15, 0.2) is 24.6 Å². The number of hydrogen-bond donors (Lipinski definition) is 3. The minimum atomic E-state index is -1.76. The van der Waals surface area contributed by atoms with E-state index in [0.717, 1.165) is 20.8 Å². The maximum Gasteiger partial charge on any atom is 0.337 e. The van der Waals surface area contributed by atoms with Crippen LogP contribution < -0.4 is 5.32 Å². The van der Waals surface area contributed by atoms with Crippen LogP contribution in [0.2, 0.25) is 0 Å². The van der Waals surface area contributed by atoms with Gasteiger partial charge in [0.1, 0.15) is 6.04 Å². The topological polar surface area (TPSA) is 148 Å². The Morgan fingerprint density at radius 3 is 1.91 bits per heavy atom. The molecule has 1 rings (SSSR count). The summed E-state index contributed by atoms with van der Waals surface area (Å²) >= 11 is 0. The number of carbonyl (C=O) groups excluding carboxylic acids is 3. The molecule has 0 unspecified atom stereocenters. The van der Waals surface area contributed by atoms with Gasteiger partial charge in [-0.25, -0.2) is 4.79 Å². The van der Waals surface area contributed by atoms with E-state index in [4.69, 9.17) is 19.3 Å². The first-order chi connectivity index (χ1) is 10.1. The highest BCUT2D eigenvalue weighted by Gasteiger charge is 2.52. The lowest BCUT2D eigenvalue weighted by Gasteiger charge is -2.42. The normalized spacial score (nSPS) is 31.0. The van der Waals surface area contributed by atoms with Crippen molar-refractivity contribution < 1.29 is 43.6 Å². The first-order valence-electron chi connectivity index (χ1n) is 6.31. The second-order valence-electron chi connectivity index (χ2n) is 4.66. The highest BCUT2D eigenvalue weighted by molar-refractivity contribution is 5.76. The van der Waals surface area contributed by atoms with Gasteiger partial charge in [-0.2, -0.15) is 0 Å². The molecule has 22 heavy (non-hydrogen) atoms. The summed E-state index contributed by atoms with van der Waals surface area (Å²) in [5, 5.41) is 21.2. The fraction of sp³-hybridized carbons (Fsp3) is 0.667. The summed E-state index contributed by atoms with van der Waals surface area (Å²) < 4.78 is 14.6. The summed E-state index contributed by atoms with van der Waals surface area (Å²) in [7, 11) is 0. The molecule has 1 heterocycles. The number of amides is 1. The highest BCUT2D eigenvalue weighted by atomic mass is 16.7. The molecule has 0 radical (unpaired) electrons. The van der Waals surface area contributed by atoms with Gasteiger partial charge in [0.2, 0.25) is 5.91 Å². The Hall–Kier alpha value is -2.20. The van der Waals surface area contributed by atoms with Crippen LogP contribution in [-0.2, 0) is 33.4 Å². The number of rotatable bonds is 4. The van der Waals surface area contributed by atoms with Crippen molar-refractivity contribution in [2.75, 3.05) is 0 Å². The largest absolute Gasteiger partial charge is 0.479 e. The Labute approximate surface area is 125 Å². The van der Waals surface area contributed by atoms with E-state index < -0.39 is 54.5 Å². The molecule has 0 saturated carbocycles. The summed E-state index contributed by atoms with van der Waals surface area (Å²) in [4.78, 5) is 44.8. The number of hydrogen-bond acceptors (Lipinski definition) is 8. The molecule has 0 aliphatic carbocycles. The monoisotopic (exact) mass is 319 g/mol. The van der Waals surface area contributed by atoms with Crippen molar-refractivity contribution in [2.45, 2.75) is 51.4 Å². The van der Waals surface area contributed by atoms with Crippen LogP contribution in [0.1, 0.15) is 20.8 Å². The van der Waals surface area contributed by atoms with Gasteiger partial charge >= 0.3 is 17.9 Å². The second-order valence-corrected chi connectivity index (χ2v) is 4.66. The van der Waals surface area contributed by atoms with Gasteiger partial charge in [-0.1, -0.05) is 0 Å². The molecule has 0 aromatic heterocycles. The summed E-state index contributed by atoms with van der Waals surface area (Å²) in [6.45, 7) is 3.22. The third-order valence-corrected chi connectivity index (χ3v) is 2.79. The summed E-state index contributed by atoms with van der Waals surface area (Å²) in [6, 6.07) is -1.29. The third-order valence-electron chi connectivity index (χ3n) is 2.79. The van der Waals surface area contributed by atoms with Gasteiger partial charge in [-0.05, 0) is 0 Å². The van der Waals surface area contributed by atoms with Crippen molar-refractivity contribution in [3.05, 3.63) is 0 Å². The molecule has 10 nitrogen and oxygen atoms in total. The van der Waals surface area contributed by atoms with Gasteiger partial charge < -0.3 is 29.7 Å². The number of carbonyl (C=O) groups is 4. The standard InChI is InChI=1S/C12H17NO9/c1-4(14)13-7-8(20-5(2)15)9(21-6(3)16)10(11(17)18)22-12(7)19/h7-10,12,19H,1-3H3,(H,13,14)(H,17,18)/t7-,8+,9-,10-,12+/m0/s1. The lowest BCUT2D eigenvalue weighted by Crippen LogP contribution is -2.66. The van der Waals surface area contributed by atoms with Crippen molar-refractivity contribution >= 4 is 23.8 Å². The Bertz CT molecular complexity index is 477. The van der Waals surface area contributed by atoms with Crippen molar-refractivity contribution in [3.63, 3.8) is 0 Å². The summed E-state index contributed by atoms with van der Waals surface area (Å²) in [5.74, 6) is -3.76. The van der Waals surface area contributed by atoms with E-state index in [9.17, 15) is 24.3 Å². The van der Waals surface area contributed by atoms with E-state index in [1.54, 1.807) is 0 Å². The molecular weight excluding hydrogens is 302 g/mol. The average molecular weight is 319 g/mol. The number of carboxylic acid groups (broad SMARTS) is 1. The van der Waals surface area contributed by atoms with Crippen LogP contribution in [-0.4, -0.2) is 64.7 Å². The predicted molar refractivity (Wildman–Crippen MR) is 67.2 cm³/mol. The van der Waals surface area contributed by atoms with Crippen LogP contribution >= 0.6 is 0 Å². The van der Waals surface area contributed by atoms with E-state index in [0.29, 0.717) is 0 Å². The average Bonchev–Trinajstić information content (AvgIpc) is 2.34. The molecule has 10 heteroatoms. The lowest BCUT2D eigenvalue weighted by molar-refractivity contribution is -0.258. The number of esters is 2. The molecular formula is C12H17NO9. The maximum absolute atomic E-state index is 11.2. The molecule has 0 aromatic rings. The molecule has 0 bridgehead atoms. The lowest BCUT2D eigenvalue weighted by atomic mass is 9.96. The molecule has 1 amide bonds. The van der Waals surface area contributed by atoms with Crippen LogP contribution in [0, 0.1) is 0 Å². The summed E-state index contributed by atoms with van der Waals surface area (Å²) in [5.41, 5.74) is 0. The van der Waals surface area contributed by atoms with Crippen LogP contribution in [0.4, 0.5) is 0 Å². The Kier molecular flexibility index (Phi) is 5.83. The zero-order valence-corrected chi connectivity index (χ0v) is 12.1. The number of carboxylic acids is 1. The summed E-state index contributed by atoms with van der Waals surface area (Å²) in [6.07, 6.45) is -6.47. The minimum absolute atomic E-state index is 0.583. The number of nitrogens with one attached hydrogen (secondary N) is 1. The molecule has 0 spiro atoms. The number of aliphatic carboxylic acids is 1. The number of aliphatic hydroxyl groups excluding tert-OH is 1. The van der Waals surface area contributed by atoms with Crippen molar-refractivity contribution in [1.29, 1.82) is 0 Å². The molecule has 1 fully saturated rings. The zero-order chi connectivity index (χ0) is 17.0. The molecule has 124 valence electrons. The Morgan fingerprint density at radius 1 is 1.00 bits per heavy atom. The third kappa shape index (κ3) is 4.40. The first kappa shape index (κ1) is 17.9. The molecule has 1 aliphatic heterocycles. The first-order valence-corrected chi connectivity index (χ1v) is 6.31. The van der Waals surface area contributed by atoms with E-state index >= 15 is 0 Å². The molecule has 3 N–H and O–H groups in total. The van der Waals surface area contributed by atoms with Crippen LogP contribution in [0.5, 0.6) is 0 Å². The smallest absolute Gasteiger partial charge is 0.337 e.